The van der Waals surface area contributed by atoms with E-state index in [0.29, 0.717) is 25.6 Å². The summed E-state index contributed by atoms with van der Waals surface area (Å²) < 4.78 is 1.81. The van der Waals surface area contributed by atoms with E-state index < -0.39 is 0 Å². The summed E-state index contributed by atoms with van der Waals surface area (Å²) in [6.07, 6.45) is 8.52. The van der Waals surface area contributed by atoms with E-state index in [1.165, 1.54) is 6.42 Å². The first kappa shape index (κ1) is 13.1. The van der Waals surface area contributed by atoms with Gasteiger partial charge >= 0.3 is 0 Å². The van der Waals surface area contributed by atoms with Gasteiger partial charge in [-0.25, -0.2) is 0 Å². The van der Waals surface area contributed by atoms with Crippen LogP contribution in [-0.2, 0) is 11.3 Å². The fraction of sp³-hybridized carbons (Fsp3) is 0.692. The number of carbonyl (C=O) groups is 1. The Labute approximate surface area is 108 Å². The topological polar surface area (TPSA) is 64.2 Å². The second-order valence-corrected chi connectivity index (χ2v) is 4.83. The molecule has 1 atom stereocenters. The molecule has 0 radical (unpaired) electrons. The molecule has 0 saturated carbocycles. The third kappa shape index (κ3) is 3.32. The van der Waals surface area contributed by atoms with E-state index in [1.54, 1.807) is 10.9 Å². The molecule has 2 N–H and O–H groups in total. The van der Waals surface area contributed by atoms with Gasteiger partial charge in [0.25, 0.3) is 0 Å². The van der Waals surface area contributed by atoms with Gasteiger partial charge in [-0.2, -0.15) is 5.10 Å². The highest BCUT2D eigenvalue weighted by Gasteiger charge is 2.25. The Balaban J connectivity index is 1.85. The molecule has 1 saturated heterocycles. The lowest BCUT2D eigenvalue weighted by atomic mass is 9.99. The fourth-order valence-electron chi connectivity index (χ4n) is 2.61. The van der Waals surface area contributed by atoms with E-state index in [-0.39, 0.29) is 5.91 Å². The maximum atomic E-state index is 12.2. The minimum Gasteiger partial charge on any atom is -0.340 e. The molecule has 0 aliphatic carbocycles. The van der Waals surface area contributed by atoms with Crippen molar-refractivity contribution in [2.75, 3.05) is 13.1 Å². The molecule has 2 heterocycles. The van der Waals surface area contributed by atoms with Crippen molar-refractivity contribution < 1.29 is 4.79 Å². The van der Waals surface area contributed by atoms with E-state index in [0.717, 1.165) is 25.8 Å². The highest BCUT2D eigenvalue weighted by Crippen LogP contribution is 2.20. The fourth-order valence-corrected chi connectivity index (χ4v) is 2.61. The summed E-state index contributed by atoms with van der Waals surface area (Å²) in [5.74, 6) is 0.239. The summed E-state index contributed by atoms with van der Waals surface area (Å²) in [6.45, 7) is 2.22. The van der Waals surface area contributed by atoms with E-state index in [2.05, 4.69) is 5.10 Å². The number of hydrogen-bond donors (Lipinski definition) is 1. The standard InChI is InChI=1S/C13H22N4O/c14-7-5-12-4-1-2-10-17(12)13(18)6-11-16-9-3-8-15-16/h3,8-9,12H,1-2,4-7,10-11,14H2. The Kier molecular flexibility index (Phi) is 4.75. The van der Waals surface area contributed by atoms with E-state index in [9.17, 15) is 4.79 Å². The summed E-state index contributed by atoms with van der Waals surface area (Å²) >= 11 is 0. The number of nitrogens with two attached hydrogens (primary N) is 1. The molecule has 1 aromatic rings. The molecular formula is C13H22N4O. The Morgan fingerprint density at radius 3 is 3.06 bits per heavy atom. The van der Waals surface area contributed by atoms with Gasteiger partial charge in [0.1, 0.15) is 0 Å². The maximum absolute atomic E-state index is 12.2. The predicted molar refractivity (Wildman–Crippen MR) is 69.9 cm³/mol. The van der Waals surface area contributed by atoms with Gasteiger partial charge in [-0.15, -0.1) is 0 Å². The van der Waals surface area contributed by atoms with Crippen LogP contribution in [0, 0.1) is 0 Å². The predicted octanol–water partition coefficient (Wildman–Crippen LogP) is 1.00. The number of rotatable bonds is 5. The molecule has 5 heteroatoms. The van der Waals surface area contributed by atoms with E-state index in [1.807, 2.05) is 17.2 Å². The van der Waals surface area contributed by atoms with Crippen molar-refractivity contribution in [2.24, 2.45) is 5.73 Å². The molecule has 2 rings (SSSR count). The van der Waals surface area contributed by atoms with E-state index in [4.69, 9.17) is 5.73 Å². The average molecular weight is 250 g/mol. The van der Waals surface area contributed by atoms with Crippen molar-refractivity contribution in [1.29, 1.82) is 0 Å². The molecule has 18 heavy (non-hydrogen) atoms. The van der Waals surface area contributed by atoms with Crippen molar-refractivity contribution in [3.8, 4) is 0 Å². The van der Waals surface area contributed by atoms with Crippen LogP contribution in [0.5, 0.6) is 0 Å². The van der Waals surface area contributed by atoms with Crippen molar-refractivity contribution in [3.63, 3.8) is 0 Å². The average Bonchev–Trinajstić information content (AvgIpc) is 2.90. The van der Waals surface area contributed by atoms with Crippen LogP contribution < -0.4 is 5.73 Å². The summed E-state index contributed by atoms with van der Waals surface area (Å²) in [7, 11) is 0. The van der Waals surface area contributed by atoms with Crippen LogP contribution >= 0.6 is 0 Å². The Morgan fingerprint density at radius 1 is 1.44 bits per heavy atom. The van der Waals surface area contributed by atoms with E-state index >= 15 is 0 Å². The molecule has 1 aromatic heterocycles. The van der Waals surface area contributed by atoms with Gasteiger partial charge in [-0.05, 0) is 38.3 Å². The first-order valence-electron chi connectivity index (χ1n) is 6.78. The lowest BCUT2D eigenvalue weighted by Gasteiger charge is -2.35. The van der Waals surface area contributed by atoms with Crippen molar-refractivity contribution in [3.05, 3.63) is 18.5 Å². The SMILES string of the molecule is NCCC1CCCCN1C(=O)CCn1cccn1. The number of carbonyl (C=O) groups excluding carboxylic acids is 1. The molecule has 1 amide bonds. The normalized spacial score (nSPS) is 20.1. The lowest BCUT2D eigenvalue weighted by Crippen LogP contribution is -2.44. The van der Waals surface area contributed by atoms with Gasteiger partial charge in [0.15, 0.2) is 0 Å². The lowest BCUT2D eigenvalue weighted by molar-refractivity contribution is -0.135. The number of likely N-dealkylation sites (tertiary alicyclic amines) is 1. The monoisotopic (exact) mass is 250 g/mol. The molecule has 1 aliphatic rings. The second kappa shape index (κ2) is 6.54. The third-order valence-electron chi connectivity index (χ3n) is 3.56. The minimum atomic E-state index is 0.239. The Bertz CT molecular complexity index is 361. The number of piperidine rings is 1. The molecule has 0 spiro atoms. The van der Waals surface area contributed by atoms with Crippen LogP contribution in [0.3, 0.4) is 0 Å². The van der Waals surface area contributed by atoms with Gasteiger partial charge < -0.3 is 10.6 Å². The van der Waals surface area contributed by atoms with Crippen molar-refractivity contribution >= 4 is 5.91 Å². The first-order valence-corrected chi connectivity index (χ1v) is 6.78. The second-order valence-electron chi connectivity index (χ2n) is 4.83. The molecule has 1 aliphatic heterocycles. The highest BCUT2D eigenvalue weighted by atomic mass is 16.2. The Hall–Kier alpha value is -1.36. The van der Waals surface area contributed by atoms with Crippen LogP contribution in [0.25, 0.3) is 0 Å². The molecular weight excluding hydrogens is 228 g/mol. The number of amides is 1. The first-order chi connectivity index (χ1) is 8.81. The zero-order chi connectivity index (χ0) is 12.8. The molecule has 1 unspecified atom stereocenters. The summed E-state index contributed by atoms with van der Waals surface area (Å²) in [5.41, 5.74) is 5.62. The summed E-state index contributed by atoms with van der Waals surface area (Å²) in [4.78, 5) is 14.3. The largest absolute Gasteiger partial charge is 0.340 e. The zero-order valence-electron chi connectivity index (χ0n) is 10.8. The number of hydrogen-bond acceptors (Lipinski definition) is 3. The van der Waals surface area contributed by atoms with Crippen molar-refractivity contribution in [1.82, 2.24) is 14.7 Å². The van der Waals surface area contributed by atoms with Crippen molar-refractivity contribution in [2.45, 2.75) is 44.7 Å². The summed E-state index contributed by atoms with van der Waals surface area (Å²) in [6, 6.07) is 2.23. The molecule has 0 bridgehead atoms. The summed E-state index contributed by atoms with van der Waals surface area (Å²) in [5, 5.41) is 4.11. The maximum Gasteiger partial charge on any atom is 0.224 e. The van der Waals surface area contributed by atoms with Gasteiger partial charge in [0.2, 0.25) is 5.91 Å². The molecule has 0 aromatic carbocycles. The highest BCUT2D eigenvalue weighted by molar-refractivity contribution is 5.76. The van der Waals surface area contributed by atoms with Gasteiger partial charge in [-0.1, -0.05) is 0 Å². The molecule has 100 valence electrons. The van der Waals surface area contributed by atoms with Crippen LogP contribution in [-0.4, -0.2) is 39.7 Å². The number of nitrogens with zero attached hydrogens (tertiary/aromatic N) is 3. The Morgan fingerprint density at radius 2 is 2.33 bits per heavy atom. The third-order valence-corrected chi connectivity index (χ3v) is 3.56. The smallest absolute Gasteiger partial charge is 0.224 e. The van der Waals surface area contributed by atoms with Gasteiger partial charge in [0, 0.05) is 37.9 Å². The minimum absolute atomic E-state index is 0.239. The molecule has 1 fully saturated rings. The van der Waals surface area contributed by atoms with Gasteiger partial charge in [-0.3, -0.25) is 9.48 Å². The van der Waals surface area contributed by atoms with Gasteiger partial charge in [0.05, 0.1) is 0 Å². The quantitative estimate of drug-likeness (QED) is 0.848. The van der Waals surface area contributed by atoms with Crippen LogP contribution in [0.1, 0.15) is 32.1 Å². The molecule has 5 nitrogen and oxygen atoms in total. The van der Waals surface area contributed by atoms with Crippen LogP contribution in [0.15, 0.2) is 18.5 Å². The number of aryl methyl sites for hydroxylation is 1. The zero-order valence-corrected chi connectivity index (χ0v) is 10.8. The van der Waals surface area contributed by atoms with Crippen LogP contribution in [0.2, 0.25) is 0 Å². The van der Waals surface area contributed by atoms with Crippen LogP contribution in [0.4, 0.5) is 0 Å². The number of aromatic nitrogens is 2.